The molecule has 1 fully saturated rings. The third-order valence-electron chi connectivity index (χ3n) is 4.00. The first-order valence-electron chi connectivity index (χ1n) is 6.52. The molecule has 0 spiro atoms. The summed E-state index contributed by atoms with van der Waals surface area (Å²) < 4.78 is 5.40. The number of carbonyl (C=O) groups is 2. The minimum Gasteiger partial charge on any atom is -0.481 e. The van der Waals surface area contributed by atoms with Gasteiger partial charge >= 0.3 is 11.9 Å². The molecule has 19 heavy (non-hydrogen) atoms. The van der Waals surface area contributed by atoms with E-state index in [9.17, 15) is 14.7 Å². The van der Waals surface area contributed by atoms with Crippen LogP contribution in [-0.2, 0) is 14.3 Å². The van der Waals surface area contributed by atoms with E-state index in [2.05, 4.69) is 0 Å². The zero-order valence-electron chi connectivity index (χ0n) is 11.8. The summed E-state index contributed by atoms with van der Waals surface area (Å²) in [5, 5.41) is 9.24. The van der Waals surface area contributed by atoms with Crippen molar-refractivity contribution in [1.29, 1.82) is 0 Å². The van der Waals surface area contributed by atoms with Gasteiger partial charge in [-0.1, -0.05) is 0 Å². The summed E-state index contributed by atoms with van der Waals surface area (Å²) in [5.74, 6) is -1.30. The van der Waals surface area contributed by atoms with Gasteiger partial charge in [-0.3, -0.25) is 9.59 Å². The zero-order valence-corrected chi connectivity index (χ0v) is 11.8. The molecule has 6 heteroatoms. The Morgan fingerprint density at radius 3 is 2.53 bits per heavy atom. The van der Waals surface area contributed by atoms with Crippen LogP contribution in [0.1, 0.15) is 40.0 Å². The second-order valence-corrected chi connectivity index (χ2v) is 6.30. The van der Waals surface area contributed by atoms with E-state index in [1.807, 2.05) is 0 Å². The van der Waals surface area contributed by atoms with Crippen LogP contribution in [0, 0.1) is 10.8 Å². The first-order chi connectivity index (χ1) is 8.62. The lowest BCUT2D eigenvalue weighted by molar-refractivity contribution is -0.169. The molecule has 0 saturated heterocycles. The number of rotatable bonds is 4. The summed E-state index contributed by atoms with van der Waals surface area (Å²) in [6.07, 6.45) is 0.713. The van der Waals surface area contributed by atoms with Crippen LogP contribution in [0.25, 0.3) is 0 Å². The van der Waals surface area contributed by atoms with Crippen molar-refractivity contribution in [2.75, 3.05) is 6.54 Å². The number of hydrogen-bond donors (Lipinski definition) is 3. The predicted molar refractivity (Wildman–Crippen MR) is 70.3 cm³/mol. The minimum absolute atomic E-state index is 0.171. The minimum atomic E-state index is -0.881. The highest BCUT2D eigenvalue weighted by molar-refractivity contribution is 5.77. The van der Waals surface area contributed by atoms with Crippen molar-refractivity contribution in [3.63, 3.8) is 0 Å². The van der Waals surface area contributed by atoms with Crippen LogP contribution in [0.3, 0.4) is 0 Å². The molecule has 3 unspecified atom stereocenters. The molecule has 0 aromatic carbocycles. The molecule has 3 atom stereocenters. The fourth-order valence-corrected chi connectivity index (χ4v) is 2.07. The first-order valence-corrected chi connectivity index (χ1v) is 6.52. The molecule has 1 saturated carbocycles. The number of carboxylic acid groups (broad SMARTS) is 1. The highest BCUT2D eigenvalue weighted by Gasteiger charge is 2.44. The number of carbonyl (C=O) groups excluding carboxylic acids is 1. The molecular formula is C13H24N2O4. The van der Waals surface area contributed by atoms with Crippen molar-refractivity contribution in [3.8, 4) is 0 Å². The maximum Gasteiger partial charge on any atom is 0.313 e. The molecule has 0 aromatic rings. The molecular weight excluding hydrogens is 248 g/mol. The van der Waals surface area contributed by atoms with Crippen LogP contribution in [0.2, 0.25) is 0 Å². The topological polar surface area (TPSA) is 116 Å². The number of ether oxygens (including phenoxy) is 1. The van der Waals surface area contributed by atoms with Crippen molar-refractivity contribution in [2.45, 2.75) is 52.2 Å². The van der Waals surface area contributed by atoms with E-state index in [1.54, 1.807) is 20.8 Å². The Labute approximate surface area is 113 Å². The van der Waals surface area contributed by atoms with Gasteiger partial charge < -0.3 is 21.3 Å². The van der Waals surface area contributed by atoms with E-state index >= 15 is 0 Å². The van der Waals surface area contributed by atoms with E-state index in [-0.39, 0.29) is 19.0 Å². The van der Waals surface area contributed by atoms with Crippen molar-refractivity contribution >= 4 is 11.9 Å². The van der Waals surface area contributed by atoms with Crippen molar-refractivity contribution in [1.82, 2.24) is 0 Å². The van der Waals surface area contributed by atoms with Crippen LogP contribution >= 0.6 is 0 Å². The molecule has 0 heterocycles. The lowest BCUT2D eigenvalue weighted by Crippen LogP contribution is -2.50. The summed E-state index contributed by atoms with van der Waals surface area (Å²) in [7, 11) is 0. The third kappa shape index (κ3) is 3.45. The maximum absolute atomic E-state index is 12.0. The van der Waals surface area contributed by atoms with Crippen molar-refractivity contribution < 1.29 is 19.4 Å². The lowest BCUT2D eigenvalue weighted by atomic mass is 9.72. The normalized spacial score (nSPS) is 31.8. The SMILES string of the molecule is CC(C)(CN)C(=O)OC1CC(C)(C(=O)O)CCC1N. The van der Waals surface area contributed by atoms with Gasteiger partial charge in [0.1, 0.15) is 6.10 Å². The number of carboxylic acids is 1. The molecule has 0 amide bonds. The van der Waals surface area contributed by atoms with Crippen molar-refractivity contribution in [2.24, 2.45) is 22.3 Å². The summed E-state index contributed by atoms with van der Waals surface area (Å²) in [5.41, 5.74) is 9.79. The Morgan fingerprint density at radius 2 is 2.05 bits per heavy atom. The van der Waals surface area contributed by atoms with Gasteiger partial charge in [-0.05, 0) is 33.6 Å². The Balaban J connectivity index is 2.76. The highest BCUT2D eigenvalue weighted by Crippen LogP contribution is 2.37. The number of aliphatic carboxylic acids is 1. The van der Waals surface area contributed by atoms with E-state index in [1.165, 1.54) is 0 Å². The maximum atomic E-state index is 12.0. The van der Waals surface area contributed by atoms with E-state index in [0.717, 1.165) is 0 Å². The first kappa shape index (κ1) is 15.9. The standard InChI is InChI=1S/C13H24N2O4/c1-12(2,7-14)11(18)19-9-6-13(3,10(16)17)5-4-8(9)15/h8-9H,4-7,14-15H2,1-3H3,(H,16,17). The average molecular weight is 272 g/mol. The van der Waals surface area contributed by atoms with Gasteiger partial charge in [-0.15, -0.1) is 0 Å². The molecule has 110 valence electrons. The van der Waals surface area contributed by atoms with Gasteiger partial charge in [0.2, 0.25) is 0 Å². The molecule has 0 aliphatic heterocycles. The Hall–Kier alpha value is -1.14. The Kier molecular flexibility index (Phi) is 4.58. The van der Waals surface area contributed by atoms with Crippen LogP contribution in [-0.4, -0.2) is 35.7 Å². The Morgan fingerprint density at radius 1 is 1.47 bits per heavy atom. The number of nitrogens with two attached hydrogens (primary N) is 2. The monoisotopic (exact) mass is 272 g/mol. The molecule has 0 aromatic heterocycles. The smallest absolute Gasteiger partial charge is 0.313 e. The fraction of sp³-hybridized carbons (Fsp3) is 0.846. The fourth-order valence-electron chi connectivity index (χ4n) is 2.07. The quantitative estimate of drug-likeness (QED) is 0.641. The Bertz CT molecular complexity index is 370. The molecule has 0 bridgehead atoms. The molecule has 1 aliphatic carbocycles. The van der Waals surface area contributed by atoms with E-state index < -0.39 is 28.9 Å². The van der Waals surface area contributed by atoms with Gasteiger partial charge in [0.15, 0.2) is 0 Å². The van der Waals surface area contributed by atoms with Crippen LogP contribution in [0.4, 0.5) is 0 Å². The summed E-state index contributed by atoms with van der Waals surface area (Å²) in [6, 6.07) is -0.315. The summed E-state index contributed by atoms with van der Waals surface area (Å²) in [6.45, 7) is 5.22. The highest BCUT2D eigenvalue weighted by atomic mass is 16.5. The number of esters is 1. The second-order valence-electron chi connectivity index (χ2n) is 6.30. The van der Waals surface area contributed by atoms with Crippen LogP contribution in [0.15, 0.2) is 0 Å². The summed E-state index contributed by atoms with van der Waals surface area (Å²) in [4.78, 5) is 23.3. The van der Waals surface area contributed by atoms with Gasteiger partial charge in [-0.25, -0.2) is 0 Å². The molecule has 6 nitrogen and oxygen atoms in total. The summed E-state index contributed by atoms with van der Waals surface area (Å²) >= 11 is 0. The predicted octanol–water partition coefficient (Wildman–Crippen LogP) is 0.485. The van der Waals surface area contributed by atoms with Gasteiger partial charge in [-0.2, -0.15) is 0 Å². The van der Waals surface area contributed by atoms with Gasteiger partial charge in [0.05, 0.1) is 10.8 Å². The van der Waals surface area contributed by atoms with Gasteiger partial charge in [0.25, 0.3) is 0 Å². The number of hydrogen-bond acceptors (Lipinski definition) is 5. The van der Waals surface area contributed by atoms with Crippen molar-refractivity contribution in [3.05, 3.63) is 0 Å². The second kappa shape index (κ2) is 5.46. The molecule has 1 aliphatic rings. The van der Waals surface area contributed by atoms with Crippen LogP contribution < -0.4 is 11.5 Å². The third-order valence-corrected chi connectivity index (χ3v) is 4.00. The van der Waals surface area contributed by atoms with Gasteiger partial charge in [0, 0.05) is 19.0 Å². The van der Waals surface area contributed by atoms with E-state index in [4.69, 9.17) is 16.2 Å². The van der Waals surface area contributed by atoms with Crippen LogP contribution in [0.5, 0.6) is 0 Å². The largest absolute Gasteiger partial charge is 0.481 e. The average Bonchev–Trinajstić information content (AvgIpc) is 2.33. The van der Waals surface area contributed by atoms with E-state index in [0.29, 0.717) is 12.8 Å². The molecule has 0 radical (unpaired) electrons. The lowest BCUT2D eigenvalue weighted by Gasteiger charge is -2.39. The molecule has 5 N–H and O–H groups in total. The molecule has 1 rings (SSSR count). The zero-order chi connectivity index (χ0) is 14.8.